The van der Waals surface area contributed by atoms with E-state index >= 15 is 0 Å². The van der Waals surface area contributed by atoms with E-state index in [4.69, 9.17) is 23.2 Å². The maximum atomic E-state index is 14.7. The van der Waals surface area contributed by atoms with Gasteiger partial charge in [0.1, 0.15) is 18.4 Å². The molecular weight excluding hydrogens is 588 g/mol. The second-order valence-corrected chi connectivity index (χ2v) is 12.8. The molecule has 1 aliphatic rings. The first-order valence-corrected chi connectivity index (χ1v) is 15.6. The van der Waals surface area contributed by atoms with E-state index in [1.807, 2.05) is 0 Å². The molecule has 3 aromatic rings. The van der Waals surface area contributed by atoms with Crippen LogP contribution in [0.5, 0.6) is 0 Å². The van der Waals surface area contributed by atoms with E-state index in [0.29, 0.717) is 0 Å². The van der Waals surface area contributed by atoms with Crippen LogP contribution in [0, 0.1) is 5.82 Å². The van der Waals surface area contributed by atoms with Crippen molar-refractivity contribution in [1.82, 2.24) is 10.2 Å². The molecule has 1 fully saturated rings. The van der Waals surface area contributed by atoms with Crippen LogP contribution in [0.25, 0.3) is 0 Å². The summed E-state index contributed by atoms with van der Waals surface area (Å²) in [5.41, 5.74) is 0.193. The lowest BCUT2D eigenvalue weighted by Crippen LogP contribution is -2.53. The maximum Gasteiger partial charge on any atom is 0.264 e. The van der Waals surface area contributed by atoms with E-state index in [-0.39, 0.29) is 44.7 Å². The van der Waals surface area contributed by atoms with Crippen LogP contribution in [0.4, 0.5) is 10.1 Å². The number of nitrogens with zero attached hydrogens (tertiary/aromatic N) is 2. The number of carbonyl (C=O) groups is 2. The predicted octanol–water partition coefficient (Wildman–Crippen LogP) is 6.19. The Morgan fingerprint density at radius 2 is 1.63 bits per heavy atom. The summed E-state index contributed by atoms with van der Waals surface area (Å²) in [5, 5.41) is 3.29. The van der Waals surface area contributed by atoms with Gasteiger partial charge in [-0.25, -0.2) is 12.8 Å². The molecule has 0 unspecified atom stereocenters. The van der Waals surface area contributed by atoms with Crippen molar-refractivity contribution in [2.45, 2.75) is 62.6 Å². The minimum Gasteiger partial charge on any atom is -0.352 e. The van der Waals surface area contributed by atoms with Gasteiger partial charge in [0, 0.05) is 23.2 Å². The molecule has 4 rings (SSSR count). The summed E-state index contributed by atoms with van der Waals surface area (Å²) in [5.74, 6) is -1.65. The van der Waals surface area contributed by atoms with Crippen molar-refractivity contribution in [2.24, 2.45) is 0 Å². The summed E-state index contributed by atoms with van der Waals surface area (Å²) in [4.78, 5) is 28.5. The Balaban J connectivity index is 1.71. The average molecular weight is 621 g/mol. The van der Waals surface area contributed by atoms with Crippen molar-refractivity contribution < 1.29 is 22.4 Å². The smallest absolute Gasteiger partial charge is 0.264 e. The van der Waals surface area contributed by atoms with E-state index in [1.165, 1.54) is 53.4 Å². The van der Waals surface area contributed by atoms with Crippen molar-refractivity contribution in [2.75, 3.05) is 10.8 Å². The quantitative estimate of drug-likeness (QED) is 0.293. The Kier molecular flexibility index (Phi) is 10.3. The number of carbonyl (C=O) groups excluding carboxylic acids is 2. The zero-order valence-electron chi connectivity index (χ0n) is 22.6. The number of hydrogen-bond donors (Lipinski definition) is 1. The van der Waals surface area contributed by atoms with Crippen molar-refractivity contribution in [3.05, 3.63) is 94.2 Å². The first-order valence-electron chi connectivity index (χ1n) is 13.4. The fourth-order valence-electron chi connectivity index (χ4n) is 4.87. The van der Waals surface area contributed by atoms with Crippen molar-refractivity contribution in [1.29, 1.82) is 0 Å². The third-order valence-corrected chi connectivity index (χ3v) is 9.53. The number of amides is 2. The molecule has 0 heterocycles. The summed E-state index contributed by atoms with van der Waals surface area (Å²) in [6.07, 6.45) is 4.80. The Hall–Kier alpha value is -3.14. The second kappa shape index (κ2) is 13.7. The summed E-state index contributed by atoms with van der Waals surface area (Å²) in [6, 6.07) is 16.8. The molecule has 0 aliphatic heterocycles. The molecule has 3 aromatic carbocycles. The number of benzene rings is 3. The maximum absolute atomic E-state index is 14.7. The van der Waals surface area contributed by atoms with E-state index in [9.17, 15) is 22.4 Å². The van der Waals surface area contributed by atoms with Gasteiger partial charge in [0.2, 0.25) is 11.8 Å². The molecule has 7 nitrogen and oxygen atoms in total. The van der Waals surface area contributed by atoms with Crippen molar-refractivity contribution in [3.8, 4) is 0 Å². The first-order chi connectivity index (χ1) is 19.6. The fraction of sp³-hybridized carbons (Fsp3) is 0.333. The van der Waals surface area contributed by atoms with Gasteiger partial charge in [-0.05, 0) is 56.2 Å². The monoisotopic (exact) mass is 619 g/mol. The molecule has 1 atom stereocenters. The largest absolute Gasteiger partial charge is 0.352 e. The number of anilines is 1. The molecule has 218 valence electrons. The summed E-state index contributed by atoms with van der Waals surface area (Å²) < 4.78 is 43.3. The van der Waals surface area contributed by atoms with Crippen LogP contribution in [-0.2, 0) is 26.2 Å². The molecular formula is C30H32Cl2FN3O4S. The number of halogens is 3. The highest BCUT2D eigenvalue weighted by atomic mass is 35.5. The highest BCUT2D eigenvalue weighted by Crippen LogP contribution is 2.33. The zero-order valence-corrected chi connectivity index (χ0v) is 24.9. The number of nitrogens with one attached hydrogen (secondary N) is 1. The molecule has 0 spiro atoms. The summed E-state index contributed by atoms with van der Waals surface area (Å²) >= 11 is 12.6. The predicted molar refractivity (Wildman–Crippen MR) is 159 cm³/mol. The molecule has 2 amide bonds. The van der Waals surface area contributed by atoms with Crippen LogP contribution in [0.15, 0.2) is 77.7 Å². The average Bonchev–Trinajstić information content (AvgIpc) is 2.97. The second-order valence-electron chi connectivity index (χ2n) is 10.1. The van der Waals surface area contributed by atoms with Gasteiger partial charge in [-0.2, -0.15) is 0 Å². The third-order valence-electron chi connectivity index (χ3n) is 7.20. The highest BCUT2D eigenvalue weighted by Gasteiger charge is 2.34. The molecule has 0 saturated heterocycles. The van der Waals surface area contributed by atoms with E-state index < -0.39 is 34.3 Å². The van der Waals surface area contributed by atoms with Gasteiger partial charge in [-0.1, -0.05) is 78.9 Å². The summed E-state index contributed by atoms with van der Waals surface area (Å²) in [6.45, 7) is 0.610. The number of rotatable bonds is 10. The van der Waals surface area contributed by atoms with E-state index in [2.05, 4.69) is 5.32 Å². The van der Waals surface area contributed by atoms with Crippen LogP contribution in [0.2, 0.25) is 10.0 Å². The molecule has 0 radical (unpaired) electrons. The van der Waals surface area contributed by atoms with Gasteiger partial charge in [0.25, 0.3) is 10.0 Å². The Morgan fingerprint density at radius 1 is 0.976 bits per heavy atom. The highest BCUT2D eigenvalue weighted by molar-refractivity contribution is 7.92. The van der Waals surface area contributed by atoms with Gasteiger partial charge in [-0.3, -0.25) is 13.9 Å². The van der Waals surface area contributed by atoms with Crippen molar-refractivity contribution >= 4 is 50.7 Å². The van der Waals surface area contributed by atoms with Crippen LogP contribution >= 0.6 is 23.2 Å². The molecule has 1 saturated carbocycles. The van der Waals surface area contributed by atoms with Gasteiger partial charge in [-0.15, -0.1) is 0 Å². The van der Waals surface area contributed by atoms with Gasteiger partial charge < -0.3 is 10.2 Å². The lowest BCUT2D eigenvalue weighted by atomic mass is 9.95. The van der Waals surface area contributed by atoms with E-state index in [0.717, 1.165) is 36.4 Å². The summed E-state index contributed by atoms with van der Waals surface area (Å²) in [7, 11) is -4.30. The molecule has 11 heteroatoms. The normalized spacial score (nSPS) is 14.7. The molecule has 1 aliphatic carbocycles. The SMILES string of the molecule is C[C@H](C(=O)NC1CCCCC1)N(Cc1ccccc1F)C(=O)CN(c1cc(Cl)ccc1Cl)S(=O)(=O)c1ccccc1. The molecule has 1 N–H and O–H groups in total. The van der Waals surface area contributed by atoms with Crippen LogP contribution in [-0.4, -0.2) is 43.8 Å². The topological polar surface area (TPSA) is 86.8 Å². The van der Waals surface area contributed by atoms with Crippen LogP contribution in [0.3, 0.4) is 0 Å². The zero-order chi connectivity index (χ0) is 29.6. The Morgan fingerprint density at radius 3 is 2.32 bits per heavy atom. The first kappa shape index (κ1) is 30.8. The van der Waals surface area contributed by atoms with Gasteiger partial charge in [0.15, 0.2) is 0 Å². The van der Waals surface area contributed by atoms with Crippen LogP contribution < -0.4 is 9.62 Å². The molecule has 0 bridgehead atoms. The van der Waals surface area contributed by atoms with Crippen molar-refractivity contribution in [3.63, 3.8) is 0 Å². The third kappa shape index (κ3) is 7.58. The lowest BCUT2D eigenvalue weighted by molar-refractivity contribution is -0.139. The van der Waals surface area contributed by atoms with E-state index in [1.54, 1.807) is 31.2 Å². The number of hydrogen-bond acceptors (Lipinski definition) is 4. The standard InChI is InChI=1S/C30H32Cl2FN3O4S/c1-21(30(38)34-24-11-4-2-5-12-24)35(19-22-10-8-9-15-27(22)33)29(37)20-36(28-18-23(31)16-17-26(28)32)41(39,40)25-13-6-3-7-14-25/h3,6-10,13-18,21,24H,2,4-5,11-12,19-20H2,1H3,(H,34,38)/t21-/m1/s1. The minimum absolute atomic E-state index is 0.00141. The lowest BCUT2D eigenvalue weighted by Gasteiger charge is -2.33. The van der Waals surface area contributed by atoms with Crippen LogP contribution in [0.1, 0.15) is 44.6 Å². The van der Waals surface area contributed by atoms with Gasteiger partial charge in [0.05, 0.1) is 15.6 Å². The molecule has 41 heavy (non-hydrogen) atoms. The Labute approximate surface area is 250 Å². The minimum atomic E-state index is -4.30. The molecule has 0 aromatic heterocycles. The Bertz CT molecular complexity index is 1480. The fourth-order valence-corrected chi connectivity index (χ4v) is 6.75. The van der Waals surface area contributed by atoms with Gasteiger partial charge >= 0.3 is 0 Å². The number of sulfonamides is 1.